The van der Waals surface area contributed by atoms with Crippen molar-refractivity contribution in [1.29, 1.82) is 0 Å². The van der Waals surface area contributed by atoms with Crippen LogP contribution in [0.5, 0.6) is 5.75 Å². The van der Waals surface area contributed by atoms with Crippen LogP contribution >= 0.6 is 0 Å². The van der Waals surface area contributed by atoms with Crippen molar-refractivity contribution >= 4 is 5.91 Å². The van der Waals surface area contributed by atoms with Crippen molar-refractivity contribution in [1.82, 2.24) is 4.90 Å². The van der Waals surface area contributed by atoms with E-state index in [0.717, 1.165) is 25.1 Å². The van der Waals surface area contributed by atoms with Crippen molar-refractivity contribution in [2.24, 2.45) is 5.92 Å². The molecule has 3 rings (SSSR count). The Labute approximate surface area is 119 Å². The summed E-state index contributed by atoms with van der Waals surface area (Å²) in [7, 11) is 1.67. The minimum Gasteiger partial charge on any atom is -0.497 e. The summed E-state index contributed by atoms with van der Waals surface area (Å²) >= 11 is 0. The topological polar surface area (TPSA) is 38.8 Å². The maximum atomic E-state index is 12.4. The van der Waals surface area contributed by atoms with Crippen LogP contribution in [0.4, 0.5) is 0 Å². The maximum absolute atomic E-state index is 12.4. The van der Waals surface area contributed by atoms with Gasteiger partial charge in [-0.1, -0.05) is 6.07 Å². The molecule has 1 aromatic carbocycles. The second-order valence-corrected chi connectivity index (χ2v) is 5.48. The fourth-order valence-electron chi connectivity index (χ4n) is 2.91. The molecule has 4 heteroatoms. The summed E-state index contributed by atoms with van der Waals surface area (Å²) in [5, 5.41) is 0. The van der Waals surface area contributed by atoms with Gasteiger partial charge in [0.05, 0.1) is 19.1 Å². The molecule has 0 saturated heterocycles. The van der Waals surface area contributed by atoms with Gasteiger partial charge in [0.25, 0.3) is 0 Å². The summed E-state index contributed by atoms with van der Waals surface area (Å²) in [6, 6.07) is 6.14. The highest BCUT2D eigenvalue weighted by Crippen LogP contribution is 2.36. The van der Waals surface area contributed by atoms with Crippen molar-refractivity contribution in [3.8, 4) is 5.75 Å². The zero-order valence-electron chi connectivity index (χ0n) is 12.1. The Morgan fingerprint density at radius 3 is 3.00 bits per heavy atom. The first-order valence-electron chi connectivity index (χ1n) is 7.29. The summed E-state index contributed by atoms with van der Waals surface area (Å²) in [4.78, 5) is 14.4. The van der Waals surface area contributed by atoms with Gasteiger partial charge in [-0.25, -0.2) is 0 Å². The SMILES string of the molecule is CCOC1CC1C(=O)N1CCc2ccc(OC)cc2C1. The highest BCUT2D eigenvalue weighted by molar-refractivity contribution is 5.82. The van der Waals surface area contributed by atoms with Crippen LogP contribution in [0.25, 0.3) is 0 Å². The van der Waals surface area contributed by atoms with E-state index in [4.69, 9.17) is 9.47 Å². The van der Waals surface area contributed by atoms with E-state index in [2.05, 4.69) is 6.07 Å². The molecule has 4 nitrogen and oxygen atoms in total. The monoisotopic (exact) mass is 275 g/mol. The lowest BCUT2D eigenvalue weighted by Crippen LogP contribution is -2.37. The van der Waals surface area contributed by atoms with E-state index in [9.17, 15) is 4.79 Å². The van der Waals surface area contributed by atoms with Gasteiger partial charge >= 0.3 is 0 Å². The van der Waals surface area contributed by atoms with Crippen LogP contribution in [0.15, 0.2) is 18.2 Å². The summed E-state index contributed by atoms with van der Waals surface area (Å²) in [6.45, 7) is 4.17. The molecule has 0 N–H and O–H groups in total. The minimum atomic E-state index is 0.0853. The van der Waals surface area contributed by atoms with Gasteiger partial charge in [0.1, 0.15) is 5.75 Å². The number of amides is 1. The Hall–Kier alpha value is -1.55. The highest BCUT2D eigenvalue weighted by Gasteiger charge is 2.46. The Morgan fingerprint density at radius 1 is 1.40 bits per heavy atom. The van der Waals surface area contributed by atoms with Gasteiger partial charge in [0.15, 0.2) is 0 Å². The third-order valence-corrected chi connectivity index (χ3v) is 4.17. The van der Waals surface area contributed by atoms with Gasteiger partial charge in [0, 0.05) is 19.7 Å². The maximum Gasteiger partial charge on any atom is 0.228 e. The molecule has 2 aliphatic rings. The van der Waals surface area contributed by atoms with E-state index in [1.807, 2.05) is 24.0 Å². The molecule has 108 valence electrons. The number of carbonyl (C=O) groups is 1. The molecule has 20 heavy (non-hydrogen) atoms. The lowest BCUT2D eigenvalue weighted by atomic mass is 9.99. The lowest BCUT2D eigenvalue weighted by molar-refractivity contribution is -0.134. The van der Waals surface area contributed by atoms with Gasteiger partial charge in [-0.15, -0.1) is 0 Å². The van der Waals surface area contributed by atoms with Crippen LogP contribution in [-0.4, -0.2) is 37.2 Å². The van der Waals surface area contributed by atoms with Gasteiger partial charge in [-0.05, 0) is 43.0 Å². The summed E-state index contributed by atoms with van der Waals surface area (Å²) in [5.41, 5.74) is 2.53. The predicted molar refractivity (Wildman–Crippen MR) is 75.6 cm³/mol. The molecule has 0 spiro atoms. The molecule has 0 aromatic heterocycles. The van der Waals surface area contributed by atoms with Crippen molar-refractivity contribution < 1.29 is 14.3 Å². The fourth-order valence-corrected chi connectivity index (χ4v) is 2.91. The first-order valence-corrected chi connectivity index (χ1v) is 7.29. The number of fused-ring (bicyclic) bond motifs is 1. The molecule has 1 aliphatic heterocycles. The normalized spacial score (nSPS) is 24.2. The highest BCUT2D eigenvalue weighted by atomic mass is 16.5. The van der Waals surface area contributed by atoms with Crippen LogP contribution in [0.1, 0.15) is 24.5 Å². The Morgan fingerprint density at radius 2 is 2.25 bits per heavy atom. The van der Waals surface area contributed by atoms with Crippen LogP contribution < -0.4 is 4.74 Å². The molecule has 2 atom stereocenters. The Kier molecular flexibility index (Phi) is 3.66. The molecular formula is C16H21NO3. The molecule has 1 fully saturated rings. The third-order valence-electron chi connectivity index (χ3n) is 4.17. The first kappa shape index (κ1) is 13.4. The summed E-state index contributed by atoms with van der Waals surface area (Å²) < 4.78 is 10.8. The van der Waals surface area contributed by atoms with Gasteiger partial charge in [-0.3, -0.25) is 4.79 Å². The number of benzene rings is 1. The number of carbonyl (C=O) groups excluding carboxylic acids is 1. The number of hydrogen-bond donors (Lipinski definition) is 0. The number of methoxy groups -OCH3 is 1. The van der Waals surface area contributed by atoms with Crippen LogP contribution in [0.2, 0.25) is 0 Å². The third kappa shape index (κ3) is 2.52. The number of nitrogens with zero attached hydrogens (tertiary/aromatic N) is 1. The number of hydrogen-bond acceptors (Lipinski definition) is 3. The van der Waals surface area contributed by atoms with E-state index < -0.39 is 0 Å². The van der Waals surface area contributed by atoms with E-state index >= 15 is 0 Å². The average Bonchev–Trinajstić information content (AvgIpc) is 3.25. The molecule has 1 aliphatic carbocycles. The molecule has 1 heterocycles. The second-order valence-electron chi connectivity index (χ2n) is 5.48. The van der Waals surface area contributed by atoms with E-state index in [1.165, 1.54) is 11.1 Å². The van der Waals surface area contributed by atoms with Crippen molar-refractivity contribution in [2.45, 2.75) is 32.4 Å². The molecular weight excluding hydrogens is 254 g/mol. The summed E-state index contributed by atoms with van der Waals surface area (Å²) in [5.74, 6) is 1.19. The standard InChI is InChI=1S/C16H21NO3/c1-3-20-15-9-14(15)16(18)17-7-6-11-4-5-13(19-2)8-12(11)10-17/h4-5,8,14-15H,3,6-7,9-10H2,1-2H3. The molecule has 1 saturated carbocycles. The molecule has 2 unspecified atom stereocenters. The average molecular weight is 275 g/mol. The second kappa shape index (κ2) is 5.44. The van der Waals surface area contributed by atoms with Crippen molar-refractivity contribution in [2.75, 3.05) is 20.3 Å². The molecule has 1 aromatic rings. The zero-order valence-corrected chi connectivity index (χ0v) is 12.1. The smallest absolute Gasteiger partial charge is 0.228 e. The number of rotatable bonds is 4. The quantitative estimate of drug-likeness (QED) is 0.843. The van der Waals surface area contributed by atoms with E-state index in [-0.39, 0.29) is 17.9 Å². The summed E-state index contributed by atoms with van der Waals surface area (Å²) in [6.07, 6.45) is 1.96. The van der Waals surface area contributed by atoms with Gasteiger partial charge in [0.2, 0.25) is 5.91 Å². The van der Waals surface area contributed by atoms with Gasteiger partial charge in [-0.2, -0.15) is 0 Å². The fraction of sp³-hybridized carbons (Fsp3) is 0.562. The van der Waals surface area contributed by atoms with Crippen molar-refractivity contribution in [3.05, 3.63) is 29.3 Å². The minimum absolute atomic E-state index is 0.0853. The number of ether oxygens (including phenoxy) is 2. The largest absolute Gasteiger partial charge is 0.497 e. The van der Waals surface area contributed by atoms with Gasteiger partial charge < -0.3 is 14.4 Å². The van der Waals surface area contributed by atoms with Crippen LogP contribution in [-0.2, 0) is 22.5 Å². The predicted octanol–water partition coefficient (Wildman–Crippen LogP) is 2.00. The Balaban J connectivity index is 1.67. The van der Waals surface area contributed by atoms with E-state index in [1.54, 1.807) is 7.11 Å². The molecule has 0 bridgehead atoms. The first-order chi connectivity index (χ1) is 9.72. The molecule has 0 radical (unpaired) electrons. The van der Waals surface area contributed by atoms with Crippen LogP contribution in [0, 0.1) is 5.92 Å². The van der Waals surface area contributed by atoms with E-state index in [0.29, 0.717) is 13.2 Å². The van der Waals surface area contributed by atoms with Crippen LogP contribution in [0.3, 0.4) is 0 Å². The molecule has 1 amide bonds. The Bertz CT molecular complexity index is 514. The zero-order chi connectivity index (χ0) is 14.1. The van der Waals surface area contributed by atoms with Crippen molar-refractivity contribution in [3.63, 3.8) is 0 Å². The lowest BCUT2D eigenvalue weighted by Gasteiger charge is -2.29.